The van der Waals surface area contributed by atoms with Crippen LogP contribution in [0.2, 0.25) is 0 Å². The summed E-state index contributed by atoms with van der Waals surface area (Å²) in [4.78, 5) is 36.4. The molecule has 1 unspecified atom stereocenters. The predicted molar refractivity (Wildman–Crippen MR) is 80.2 cm³/mol. The van der Waals surface area contributed by atoms with E-state index in [0.29, 0.717) is 13.1 Å². The van der Waals surface area contributed by atoms with Gasteiger partial charge in [-0.1, -0.05) is 12.1 Å². The number of carboxylic acid groups (broad SMARTS) is 1. The first kappa shape index (κ1) is 16.0. The normalized spacial score (nSPS) is 17.9. The summed E-state index contributed by atoms with van der Waals surface area (Å²) in [6.45, 7) is 4.65. The van der Waals surface area contributed by atoms with Gasteiger partial charge in [-0.25, -0.2) is 4.79 Å². The van der Waals surface area contributed by atoms with Gasteiger partial charge in [0.1, 0.15) is 0 Å². The van der Waals surface area contributed by atoms with Crippen LogP contribution in [0.5, 0.6) is 0 Å². The van der Waals surface area contributed by atoms with Crippen molar-refractivity contribution in [3.05, 3.63) is 35.4 Å². The maximum absolute atomic E-state index is 12.1. The largest absolute Gasteiger partial charge is 0.478 e. The van der Waals surface area contributed by atoms with Crippen LogP contribution in [0, 0.1) is 5.92 Å². The number of amides is 2. The summed E-state index contributed by atoms with van der Waals surface area (Å²) in [5, 5.41) is 11.6. The number of nitrogens with one attached hydrogen (secondary N) is 1. The van der Waals surface area contributed by atoms with E-state index in [4.69, 9.17) is 5.11 Å². The Balaban J connectivity index is 1.88. The van der Waals surface area contributed by atoms with E-state index in [1.54, 1.807) is 17.0 Å². The standard InChI is InChI=1S/C16H20N2O4/c1-10(2)18-9-13(7-14(18)19)15(20)17-8-11-3-5-12(6-4-11)16(21)22/h3-6,10,13H,7-9H2,1-2H3,(H,17,20)(H,21,22). The van der Waals surface area contributed by atoms with E-state index in [9.17, 15) is 14.4 Å². The van der Waals surface area contributed by atoms with Gasteiger partial charge < -0.3 is 15.3 Å². The summed E-state index contributed by atoms with van der Waals surface area (Å²) in [6.07, 6.45) is 0.252. The molecule has 1 saturated heterocycles. The van der Waals surface area contributed by atoms with Crippen LogP contribution in [-0.2, 0) is 16.1 Å². The molecule has 118 valence electrons. The maximum atomic E-state index is 12.1. The molecule has 1 atom stereocenters. The van der Waals surface area contributed by atoms with Gasteiger partial charge in [0, 0.05) is 25.6 Å². The second-order valence-corrected chi connectivity index (χ2v) is 5.76. The molecular formula is C16H20N2O4. The molecule has 1 fully saturated rings. The lowest BCUT2D eigenvalue weighted by atomic mass is 10.1. The molecule has 0 aromatic heterocycles. The van der Waals surface area contributed by atoms with E-state index in [1.807, 2.05) is 13.8 Å². The highest BCUT2D eigenvalue weighted by Crippen LogP contribution is 2.20. The molecule has 2 amide bonds. The molecule has 1 aromatic carbocycles. The minimum Gasteiger partial charge on any atom is -0.478 e. The summed E-state index contributed by atoms with van der Waals surface area (Å²) >= 11 is 0. The zero-order valence-electron chi connectivity index (χ0n) is 12.7. The zero-order chi connectivity index (χ0) is 16.3. The first-order valence-electron chi connectivity index (χ1n) is 7.28. The average Bonchev–Trinajstić information content (AvgIpc) is 2.87. The number of carbonyl (C=O) groups excluding carboxylic acids is 2. The van der Waals surface area contributed by atoms with Crippen LogP contribution < -0.4 is 5.32 Å². The van der Waals surface area contributed by atoms with Crippen LogP contribution in [0.3, 0.4) is 0 Å². The molecule has 1 aliphatic rings. The van der Waals surface area contributed by atoms with Crippen molar-refractivity contribution in [1.29, 1.82) is 0 Å². The predicted octanol–water partition coefficient (Wildman–Crippen LogP) is 1.26. The summed E-state index contributed by atoms with van der Waals surface area (Å²) < 4.78 is 0. The van der Waals surface area contributed by atoms with Crippen molar-refractivity contribution in [1.82, 2.24) is 10.2 Å². The number of rotatable bonds is 5. The molecule has 0 saturated carbocycles. The Bertz CT molecular complexity index is 580. The first-order valence-corrected chi connectivity index (χ1v) is 7.28. The summed E-state index contributed by atoms with van der Waals surface area (Å²) in [7, 11) is 0. The van der Waals surface area contributed by atoms with Gasteiger partial charge in [-0.2, -0.15) is 0 Å². The van der Waals surface area contributed by atoms with Gasteiger partial charge in [0.25, 0.3) is 0 Å². The molecule has 1 aliphatic heterocycles. The second-order valence-electron chi connectivity index (χ2n) is 5.76. The van der Waals surface area contributed by atoms with Gasteiger partial charge >= 0.3 is 5.97 Å². The fourth-order valence-electron chi connectivity index (χ4n) is 2.50. The van der Waals surface area contributed by atoms with E-state index < -0.39 is 5.97 Å². The lowest BCUT2D eigenvalue weighted by Crippen LogP contribution is -2.35. The van der Waals surface area contributed by atoms with E-state index in [-0.39, 0.29) is 35.8 Å². The van der Waals surface area contributed by atoms with Gasteiger partial charge in [0.15, 0.2) is 0 Å². The molecule has 2 rings (SSSR count). The number of likely N-dealkylation sites (tertiary alicyclic amines) is 1. The van der Waals surface area contributed by atoms with Gasteiger partial charge in [-0.15, -0.1) is 0 Å². The van der Waals surface area contributed by atoms with Gasteiger partial charge in [-0.3, -0.25) is 9.59 Å². The molecule has 2 N–H and O–H groups in total. The van der Waals surface area contributed by atoms with E-state index in [2.05, 4.69) is 5.32 Å². The third-order valence-electron chi connectivity index (χ3n) is 3.82. The average molecular weight is 304 g/mol. The van der Waals surface area contributed by atoms with Crippen molar-refractivity contribution >= 4 is 17.8 Å². The van der Waals surface area contributed by atoms with Crippen LogP contribution in [0.1, 0.15) is 36.2 Å². The quantitative estimate of drug-likeness (QED) is 0.857. The number of aromatic carboxylic acids is 1. The Morgan fingerprint density at radius 2 is 1.95 bits per heavy atom. The monoisotopic (exact) mass is 304 g/mol. The van der Waals surface area contributed by atoms with Crippen LogP contribution >= 0.6 is 0 Å². The van der Waals surface area contributed by atoms with Crippen LogP contribution in [0.25, 0.3) is 0 Å². The lowest BCUT2D eigenvalue weighted by Gasteiger charge is -2.20. The fourth-order valence-corrected chi connectivity index (χ4v) is 2.50. The molecule has 6 nitrogen and oxygen atoms in total. The first-order chi connectivity index (χ1) is 10.4. The Labute approximate surface area is 129 Å². The molecule has 0 aliphatic carbocycles. The highest BCUT2D eigenvalue weighted by Gasteiger charge is 2.35. The number of carboxylic acids is 1. The minimum absolute atomic E-state index is 0.0148. The van der Waals surface area contributed by atoms with Crippen molar-refractivity contribution in [3.8, 4) is 0 Å². The van der Waals surface area contributed by atoms with Crippen LogP contribution in [-0.4, -0.2) is 40.4 Å². The SMILES string of the molecule is CC(C)N1CC(C(=O)NCc2ccc(C(=O)O)cc2)CC1=O. The second kappa shape index (κ2) is 6.60. The number of benzene rings is 1. The number of carbonyl (C=O) groups is 3. The summed E-state index contributed by atoms with van der Waals surface area (Å²) in [6, 6.07) is 6.45. The zero-order valence-corrected chi connectivity index (χ0v) is 12.7. The van der Waals surface area contributed by atoms with E-state index in [1.165, 1.54) is 12.1 Å². The molecule has 22 heavy (non-hydrogen) atoms. The third kappa shape index (κ3) is 3.63. The van der Waals surface area contributed by atoms with Crippen molar-refractivity contribution in [2.24, 2.45) is 5.92 Å². The number of nitrogens with zero attached hydrogens (tertiary/aromatic N) is 1. The van der Waals surface area contributed by atoms with Gasteiger partial charge in [0.2, 0.25) is 11.8 Å². The highest BCUT2D eigenvalue weighted by molar-refractivity contribution is 5.89. The Kier molecular flexibility index (Phi) is 4.80. The minimum atomic E-state index is -0.978. The highest BCUT2D eigenvalue weighted by atomic mass is 16.4. The summed E-state index contributed by atoms with van der Waals surface area (Å²) in [5.74, 6) is -1.42. The van der Waals surface area contributed by atoms with Crippen molar-refractivity contribution in [2.45, 2.75) is 32.9 Å². The maximum Gasteiger partial charge on any atom is 0.335 e. The Morgan fingerprint density at radius 1 is 1.32 bits per heavy atom. The third-order valence-corrected chi connectivity index (χ3v) is 3.82. The van der Waals surface area contributed by atoms with Crippen LogP contribution in [0.4, 0.5) is 0 Å². The molecule has 1 aromatic rings. The number of hydrogen-bond donors (Lipinski definition) is 2. The molecule has 6 heteroatoms. The molecule has 0 bridgehead atoms. The Morgan fingerprint density at radius 3 is 2.45 bits per heavy atom. The van der Waals surface area contributed by atoms with Crippen molar-refractivity contribution < 1.29 is 19.5 Å². The molecule has 0 radical (unpaired) electrons. The summed E-state index contributed by atoms with van der Waals surface area (Å²) in [5.41, 5.74) is 1.03. The Hall–Kier alpha value is -2.37. The van der Waals surface area contributed by atoms with Crippen molar-refractivity contribution in [2.75, 3.05) is 6.54 Å². The van der Waals surface area contributed by atoms with E-state index in [0.717, 1.165) is 5.56 Å². The molecule has 1 heterocycles. The molecule has 0 spiro atoms. The van der Waals surface area contributed by atoms with Gasteiger partial charge in [0.05, 0.1) is 11.5 Å². The fraction of sp³-hybridized carbons (Fsp3) is 0.438. The van der Waals surface area contributed by atoms with Crippen LogP contribution in [0.15, 0.2) is 24.3 Å². The number of hydrogen-bond acceptors (Lipinski definition) is 3. The molecular weight excluding hydrogens is 284 g/mol. The lowest BCUT2D eigenvalue weighted by molar-refractivity contribution is -0.130. The van der Waals surface area contributed by atoms with Gasteiger partial charge in [-0.05, 0) is 31.5 Å². The smallest absolute Gasteiger partial charge is 0.335 e. The van der Waals surface area contributed by atoms with E-state index >= 15 is 0 Å². The topological polar surface area (TPSA) is 86.7 Å². The van der Waals surface area contributed by atoms with Crippen molar-refractivity contribution in [3.63, 3.8) is 0 Å².